The van der Waals surface area contributed by atoms with Crippen LogP contribution in [0.1, 0.15) is 18.3 Å². The molecule has 0 aliphatic rings. The highest BCUT2D eigenvalue weighted by atomic mass is 32.2. The first-order valence-electron chi connectivity index (χ1n) is 10.0. The van der Waals surface area contributed by atoms with Crippen LogP contribution in [0.2, 0.25) is 0 Å². The molecular formula is C24H18F3N3O3S. The number of fused-ring (bicyclic) bond motifs is 1. The number of hydrogen-bond acceptors (Lipinski definition) is 4. The highest BCUT2D eigenvalue weighted by Crippen LogP contribution is 2.31. The van der Waals surface area contributed by atoms with Gasteiger partial charge in [-0.05, 0) is 47.5 Å². The number of H-pyrrole nitrogens is 1. The average Bonchev–Trinajstić information content (AvgIpc) is 3.19. The van der Waals surface area contributed by atoms with E-state index in [4.69, 9.17) is 0 Å². The number of aromatic amines is 1. The predicted molar refractivity (Wildman–Crippen MR) is 124 cm³/mol. The monoisotopic (exact) mass is 485 g/mol. The molecule has 4 rings (SSSR count). The number of nitrogens with zero attached hydrogens (tertiary/aromatic N) is 1. The van der Waals surface area contributed by atoms with Crippen LogP contribution < -0.4 is 5.32 Å². The van der Waals surface area contributed by atoms with Crippen molar-refractivity contribution < 1.29 is 26.4 Å². The molecule has 10 heteroatoms. The fourth-order valence-electron chi connectivity index (χ4n) is 3.38. The smallest absolute Gasteiger partial charge is 0.338 e. The summed E-state index contributed by atoms with van der Waals surface area (Å²) in [7, 11) is -5.38. The SMILES string of the molecule is CC(=O)Nc1ccccc1-c1ccc2nc(/C=C/c3ccc(S(=O)(=O)C(F)(F)F)cc3)[nH]c2c1. The van der Waals surface area contributed by atoms with E-state index in [1.807, 2.05) is 42.5 Å². The lowest BCUT2D eigenvalue weighted by atomic mass is 10.0. The van der Waals surface area contributed by atoms with Crippen molar-refractivity contribution in [1.29, 1.82) is 0 Å². The van der Waals surface area contributed by atoms with Crippen molar-refractivity contribution in [2.75, 3.05) is 5.32 Å². The Balaban J connectivity index is 1.58. The summed E-state index contributed by atoms with van der Waals surface area (Å²) in [6, 6.07) is 17.4. The third-order valence-electron chi connectivity index (χ3n) is 4.98. The lowest BCUT2D eigenvalue weighted by molar-refractivity contribution is -0.114. The maximum Gasteiger partial charge on any atom is 0.501 e. The number of sulfone groups is 1. The second-order valence-corrected chi connectivity index (χ2v) is 9.37. The van der Waals surface area contributed by atoms with E-state index in [2.05, 4.69) is 15.3 Å². The molecule has 1 heterocycles. The molecule has 6 nitrogen and oxygen atoms in total. The third-order valence-corrected chi connectivity index (χ3v) is 6.48. The van der Waals surface area contributed by atoms with Gasteiger partial charge in [0.15, 0.2) is 0 Å². The maximum absolute atomic E-state index is 12.7. The fourth-order valence-corrected chi connectivity index (χ4v) is 4.14. The molecule has 1 aromatic heterocycles. The molecule has 0 bridgehead atoms. The molecule has 2 N–H and O–H groups in total. The number of imidazole rings is 1. The second kappa shape index (κ2) is 8.79. The van der Waals surface area contributed by atoms with Crippen molar-refractivity contribution in [1.82, 2.24) is 9.97 Å². The number of halogens is 3. The molecule has 0 spiro atoms. The quantitative estimate of drug-likeness (QED) is 0.382. The highest BCUT2D eigenvalue weighted by Gasteiger charge is 2.46. The zero-order chi connectivity index (χ0) is 24.5. The number of carbonyl (C=O) groups excluding carboxylic acids is 1. The average molecular weight is 485 g/mol. The number of benzene rings is 3. The van der Waals surface area contributed by atoms with Crippen LogP contribution in [0.25, 0.3) is 34.3 Å². The number of aromatic nitrogens is 2. The van der Waals surface area contributed by atoms with E-state index in [1.165, 1.54) is 19.1 Å². The number of para-hydroxylation sites is 1. The number of hydrogen-bond donors (Lipinski definition) is 2. The zero-order valence-corrected chi connectivity index (χ0v) is 18.5. The van der Waals surface area contributed by atoms with Gasteiger partial charge in [-0.15, -0.1) is 0 Å². The Bertz CT molecular complexity index is 1510. The number of rotatable bonds is 5. The molecule has 0 radical (unpaired) electrons. The van der Waals surface area contributed by atoms with Gasteiger partial charge < -0.3 is 10.3 Å². The van der Waals surface area contributed by atoms with Gasteiger partial charge in [0, 0.05) is 18.2 Å². The number of nitrogens with one attached hydrogen (secondary N) is 2. The van der Waals surface area contributed by atoms with E-state index < -0.39 is 20.2 Å². The second-order valence-electron chi connectivity index (χ2n) is 7.43. The molecule has 4 aromatic rings. The lowest BCUT2D eigenvalue weighted by Gasteiger charge is -2.09. The van der Waals surface area contributed by atoms with Crippen LogP contribution in [0.15, 0.2) is 71.6 Å². The molecule has 0 atom stereocenters. The Morgan fingerprint density at radius 3 is 2.38 bits per heavy atom. The summed E-state index contributed by atoms with van der Waals surface area (Å²) in [5.74, 6) is 0.334. The van der Waals surface area contributed by atoms with Crippen molar-refractivity contribution in [3.63, 3.8) is 0 Å². The van der Waals surface area contributed by atoms with Crippen LogP contribution in [-0.2, 0) is 14.6 Å². The van der Waals surface area contributed by atoms with E-state index in [0.29, 0.717) is 22.6 Å². The van der Waals surface area contributed by atoms with Gasteiger partial charge in [0.2, 0.25) is 5.91 Å². The molecule has 1 amide bonds. The molecule has 174 valence electrons. The first-order chi connectivity index (χ1) is 16.0. The standard InChI is InChI=1S/C24H18F3N3O3S/c1-15(31)28-20-5-3-2-4-19(20)17-9-12-21-22(14-17)30-23(29-21)13-8-16-6-10-18(11-7-16)34(32,33)24(25,26)27/h2-14H,1H3,(H,28,31)(H,29,30)/b13-8+. The van der Waals surface area contributed by atoms with Gasteiger partial charge in [-0.3, -0.25) is 4.79 Å². The van der Waals surface area contributed by atoms with Crippen LogP contribution >= 0.6 is 0 Å². The molecule has 0 saturated carbocycles. The molecular weight excluding hydrogens is 467 g/mol. The van der Waals surface area contributed by atoms with Crippen LogP contribution in [0.5, 0.6) is 0 Å². The van der Waals surface area contributed by atoms with Crippen molar-refractivity contribution >= 4 is 44.6 Å². The summed E-state index contributed by atoms with van der Waals surface area (Å²) in [6.07, 6.45) is 3.24. The fraction of sp³-hybridized carbons (Fsp3) is 0.0833. The normalized spacial score (nSPS) is 12.4. The van der Waals surface area contributed by atoms with Gasteiger partial charge in [-0.25, -0.2) is 13.4 Å². The van der Waals surface area contributed by atoms with Crippen molar-refractivity contribution in [2.24, 2.45) is 0 Å². The summed E-state index contributed by atoms with van der Waals surface area (Å²) >= 11 is 0. The number of carbonyl (C=O) groups is 1. The summed E-state index contributed by atoms with van der Waals surface area (Å²) in [4.78, 5) is 18.3. The van der Waals surface area contributed by atoms with Crippen LogP contribution in [-0.4, -0.2) is 29.8 Å². The predicted octanol–water partition coefficient (Wildman–Crippen LogP) is 5.65. The number of alkyl halides is 3. The van der Waals surface area contributed by atoms with Gasteiger partial charge in [-0.1, -0.05) is 42.5 Å². The van der Waals surface area contributed by atoms with Gasteiger partial charge in [0.1, 0.15) is 5.82 Å². The van der Waals surface area contributed by atoms with Crippen molar-refractivity contribution in [3.8, 4) is 11.1 Å². The van der Waals surface area contributed by atoms with Crippen LogP contribution in [0.3, 0.4) is 0 Å². The minimum absolute atomic E-state index is 0.175. The minimum atomic E-state index is -5.38. The van der Waals surface area contributed by atoms with Crippen molar-refractivity contribution in [2.45, 2.75) is 17.3 Å². The molecule has 0 unspecified atom stereocenters. The van der Waals surface area contributed by atoms with E-state index in [1.54, 1.807) is 12.2 Å². The van der Waals surface area contributed by atoms with Gasteiger partial charge >= 0.3 is 5.51 Å². The van der Waals surface area contributed by atoms with Crippen LogP contribution in [0.4, 0.5) is 18.9 Å². The van der Waals surface area contributed by atoms with E-state index >= 15 is 0 Å². The number of anilines is 1. The summed E-state index contributed by atoms with van der Waals surface area (Å²) in [6.45, 7) is 1.44. The third kappa shape index (κ3) is 4.72. The van der Waals surface area contributed by atoms with Crippen molar-refractivity contribution in [3.05, 3.63) is 78.1 Å². The Morgan fingerprint density at radius 1 is 1.00 bits per heavy atom. The summed E-state index contributed by atoms with van der Waals surface area (Å²) in [5.41, 5.74) is -0.984. The minimum Gasteiger partial charge on any atom is -0.338 e. The first-order valence-corrected chi connectivity index (χ1v) is 11.5. The first kappa shape index (κ1) is 23.2. The molecule has 34 heavy (non-hydrogen) atoms. The number of amides is 1. The van der Waals surface area contributed by atoms with Gasteiger partial charge in [0.05, 0.1) is 15.9 Å². The summed E-state index contributed by atoms with van der Waals surface area (Å²) in [5, 5.41) is 2.81. The highest BCUT2D eigenvalue weighted by molar-refractivity contribution is 7.92. The lowest BCUT2D eigenvalue weighted by Crippen LogP contribution is -2.23. The Labute approximate surface area is 193 Å². The Morgan fingerprint density at radius 2 is 1.71 bits per heavy atom. The topological polar surface area (TPSA) is 91.9 Å². The summed E-state index contributed by atoms with van der Waals surface area (Å²) < 4.78 is 61.0. The molecule has 3 aromatic carbocycles. The van der Waals surface area contributed by atoms with E-state index in [0.717, 1.165) is 28.8 Å². The maximum atomic E-state index is 12.7. The molecule has 0 fully saturated rings. The molecule has 0 aliphatic heterocycles. The Hall–Kier alpha value is -3.92. The molecule has 0 saturated heterocycles. The molecule has 0 aliphatic carbocycles. The van der Waals surface area contributed by atoms with Crippen LogP contribution in [0, 0.1) is 0 Å². The van der Waals surface area contributed by atoms with Gasteiger partial charge in [0.25, 0.3) is 9.84 Å². The zero-order valence-electron chi connectivity index (χ0n) is 17.7. The van der Waals surface area contributed by atoms with E-state index in [9.17, 15) is 26.4 Å². The van der Waals surface area contributed by atoms with Gasteiger partial charge in [-0.2, -0.15) is 13.2 Å². The van der Waals surface area contributed by atoms with E-state index in [-0.39, 0.29) is 5.91 Å². The Kier molecular flexibility index (Phi) is 6.01. The largest absolute Gasteiger partial charge is 0.501 e.